The number of pyridine rings is 1. The van der Waals surface area contributed by atoms with E-state index in [-0.39, 0.29) is 5.92 Å². The Hall–Kier alpha value is -2.17. The molecular formula is C22H32N6O. The summed E-state index contributed by atoms with van der Waals surface area (Å²) < 4.78 is 0. The molecule has 29 heavy (non-hydrogen) atoms. The van der Waals surface area contributed by atoms with Gasteiger partial charge < -0.3 is 14.7 Å². The molecule has 1 amide bonds. The molecule has 4 heterocycles. The summed E-state index contributed by atoms with van der Waals surface area (Å²) in [6.45, 7) is 7.67. The lowest BCUT2D eigenvalue weighted by atomic mass is 9.92. The monoisotopic (exact) mass is 396 g/mol. The van der Waals surface area contributed by atoms with E-state index >= 15 is 0 Å². The molecule has 1 aromatic rings. The van der Waals surface area contributed by atoms with Gasteiger partial charge in [0.1, 0.15) is 5.82 Å². The second-order valence-corrected chi connectivity index (χ2v) is 8.70. The molecule has 0 aromatic carbocycles. The Bertz CT molecular complexity index is 746. The fourth-order valence-electron chi connectivity index (χ4n) is 4.95. The highest BCUT2D eigenvalue weighted by molar-refractivity contribution is 5.79. The van der Waals surface area contributed by atoms with E-state index < -0.39 is 0 Å². The quantitative estimate of drug-likeness (QED) is 0.770. The number of likely N-dealkylation sites (tertiary alicyclic amines) is 1. The van der Waals surface area contributed by atoms with E-state index in [1.54, 1.807) is 12.3 Å². The van der Waals surface area contributed by atoms with Crippen molar-refractivity contribution in [2.24, 2.45) is 5.92 Å². The summed E-state index contributed by atoms with van der Waals surface area (Å²) in [5.41, 5.74) is 0.665. The second-order valence-electron chi connectivity index (χ2n) is 8.70. The molecule has 3 aliphatic heterocycles. The number of piperazine rings is 1. The number of piperidine rings is 2. The zero-order valence-electron chi connectivity index (χ0n) is 17.5. The molecule has 0 radical (unpaired) electrons. The van der Waals surface area contributed by atoms with Crippen LogP contribution in [-0.4, -0.2) is 91.0 Å². The predicted molar refractivity (Wildman–Crippen MR) is 113 cm³/mol. The van der Waals surface area contributed by atoms with E-state index in [4.69, 9.17) is 5.26 Å². The van der Waals surface area contributed by atoms with Gasteiger partial charge in [0, 0.05) is 58.1 Å². The molecule has 0 unspecified atom stereocenters. The van der Waals surface area contributed by atoms with Gasteiger partial charge >= 0.3 is 0 Å². The molecule has 3 fully saturated rings. The smallest absolute Gasteiger partial charge is 0.227 e. The molecule has 1 atom stereocenters. The van der Waals surface area contributed by atoms with Gasteiger partial charge in [-0.15, -0.1) is 0 Å². The molecule has 0 aliphatic carbocycles. The normalized spacial score (nSPS) is 25.0. The molecule has 3 saturated heterocycles. The van der Waals surface area contributed by atoms with Crippen LogP contribution in [0.15, 0.2) is 18.3 Å². The van der Waals surface area contributed by atoms with Crippen molar-refractivity contribution >= 4 is 11.7 Å². The largest absolute Gasteiger partial charge is 0.356 e. The van der Waals surface area contributed by atoms with Crippen LogP contribution in [0.2, 0.25) is 0 Å². The maximum Gasteiger partial charge on any atom is 0.227 e. The Morgan fingerprint density at radius 3 is 2.59 bits per heavy atom. The third-order valence-corrected chi connectivity index (χ3v) is 6.80. The van der Waals surface area contributed by atoms with E-state index in [0.717, 1.165) is 83.9 Å². The first-order valence-corrected chi connectivity index (χ1v) is 11.0. The van der Waals surface area contributed by atoms with Gasteiger partial charge in [0.2, 0.25) is 5.91 Å². The maximum absolute atomic E-state index is 13.0. The number of rotatable bonds is 3. The molecule has 0 N–H and O–H groups in total. The van der Waals surface area contributed by atoms with Crippen molar-refractivity contribution < 1.29 is 4.79 Å². The van der Waals surface area contributed by atoms with Gasteiger partial charge in [0.05, 0.1) is 17.6 Å². The summed E-state index contributed by atoms with van der Waals surface area (Å²) in [5.74, 6) is 1.45. The topological polar surface area (TPSA) is 66.7 Å². The van der Waals surface area contributed by atoms with Crippen molar-refractivity contribution in [2.75, 3.05) is 64.3 Å². The maximum atomic E-state index is 13.0. The van der Waals surface area contributed by atoms with E-state index in [9.17, 15) is 4.79 Å². The third kappa shape index (κ3) is 4.71. The Balaban J connectivity index is 1.30. The van der Waals surface area contributed by atoms with Gasteiger partial charge in [-0.1, -0.05) is 0 Å². The lowest BCUT2D eigenvalue weighted by Gasteiger charge is -2.43. The van der Waals surface area contributed by atoms with Crippen molar-refractivity contribution in [3.63, 3.8) is 0 Å². The van der Waals surface area contributed by atoms with Gasteiger partial charge in [-0.2, -0.15) is 5.26 Å². The molecule has 7 nitrogen and oxygen atoms in total. The summed E-state index contributed by atoms with van der Waals surface area (Å²) in [5, 5.41) is 9.11. The molecule has 0 bridgehead atoms. The summed E-state index contributed by atoms with van der Waals surface area (Å²) >= 11 is 0. The number of carbonyl (C=O) groups is 1. The van der Waals surface area contributed by atoms with Crippen LogP contribution in [0.25, 0.3) is 0 Å². The molecular weight excluding hydrogens is 364 g/mol. The van der Waals surface area contributed by atoms with Gasteiger partial charge in [-0.3, -0.25) is 9.69 Å². The van der Waals surface area contributed by atoms with Crippen LogP contribution in [0.5, 0.6) is 0 Å². The number of nitrogens with zero attached hydrogens (tertiary/aromatic N) is 6. The van der Waals surface area contributed by atoms with Gasteiger partial charge in [-0.05, 0) is 51.4 Å². The van der Waals surface area contributed by atoms with Crippen LogP contribution in [-0.2, 0) is 4.79 Å². The van der Waals surface area contributed by atoms with Crippen molar-refractivity contribution in [3.05, 3.63) is 23.9 Å². The number of carbonyl (C=O) groups excluding carboxylic acids is 1. The number of hydrogen-bond acceptors (Lipinski definition) is 6. The van der Waals surface area contributed by atoms with E-state index in [1.807, 2.05) is 6.07 Å². The molecule has 0 saturated carbocycles. The number of anilines is 1. The van der Waals surface area contributed by atoms with Crippen LogP contribution in [0.1, 0.15) is 31.2 Å². The Labute approximate surface area is 173 Å². The number of amides is 1. The first-order chi connectivity index (χ1) is 14.1. The van der Waals surface area contributed by atoms with Gasteiger partial charge in [-0.25, -0.2) is 4.98 Å². The highest BCUT2D eigenvalue weighted by atomic mass is 16.2. The average molecular weight is 397 g/mol. The third-order valence-electron chi connectivity index (χ3n) is 6.80. The Morgan fingerprint density at radius 1 is 1.10 bits per heavy atom. The minimum atomic E-state index is 0.166. The van der Waals surface area contributed by atoms with Crippen LogP contribution in [0.3, 0.4) is 0 Å². The zero-order valence-corrected chi connectivity index (χ0v) is 17.5. The first-order valence-electron chi connectivity index (χ1n) is 11.0. The summed E-state index contributed by atoms with van der Waals surface area (Å²) in [7, 11) is 2.13. The fraction of sp³-hybridized carbons (Fsp3) is 0.682. The number of nitriles is 1. The zero-order chi connectivity index (χ0) is 20.2. The van der Waals surface area contributed by atoms with Gasteiger partial charge in [0.25, 0.3) is 0 Å². The molecule has 4 rings (SSSR count). The minimum absolute atomic E-state index is 0.166. The summed E-state index contributed by atoms with van der Waals surface area (Å²) in [6, 6.07) is 6.38. The van der Waals surface area contributed by atoms with Crippen LogP contribution in [0, 0.1) is 17.2 Å². The van der Waals surface area contributed by atoms with E-state index in [0.29, 0.717) is 17.5 Å². The lowest BCUT2D eigenvalue weighted by Crippen LogP contribution is -2.54. The lowest BCUT2D eigenvalue weighted by molar-refractivity contribution is -0.139. The van der Waals surface area contributed by atoms with Crippen LogP contribution in [0.4, 0.5) is 5.82 Å². The minimum Gasteiger partial charge on any atom is -0.356 e. The molecule has 156 valence electrons. The first kappa shape index (κ1) is 20.1. The van der Waals surface area contributed by atoms with Crippen molar-refractivity contribution in [2.45, 2.75) is 31.7 Å². The van der Waals surface area contributed by atoms with Crippen LogP contribution >= 0.6 is 0 Å². The highest BCUT2D eigenvalue weighted by Crippen LogP contribution is 2.27. The van der Waals surface area contributed by atoms with E-state index in [2.05, 4.69) is 37.7 Å². The number of likely N-dealkylation sites (N-methyl/N-ethyl adjacent to an activating group) is 1. The standard InChI is InChI=1S/C22H32N6O/c1-25-11-13-27(14-12-25)22(29)19-3-2-8-28(17-19)20-5-9-26(10-6-20)21-15-18(16-23)4-7-24-21/h4,7,15,19-20H,2-3,5-6,8-14,17H2,1H3/t19-/m1/s1. The van der Waals surface area contributed by atoms with Crippen molar-refractivity contribution in [3.8, 4) is 6.07 Å². The van der Waals surface area contributed by atoms with Crippen molar-refractivity contribution in [1.29, 1.82) is 5.26 Å². The molecule has 0 spiro atoms. The number of aromatic nitrogens is 1. The average Bonchev–Trinajstić information content (AvgIpc) is 2.79. The van der Waals surface area contributed by atoms with Crippen molar-refractivity contribution in [1.82, 2.24) is 19.7 Å². The summed E-state index contributed by atoms with van der Waals surface area (Å²) in [4.78, 5) is 26.7. The molecule has 3 aliphatic rings. The SMILES string of the molecule is CN1CCN(C(=O)[C@@H]2CCCN(C3CCN(c4cc(C#N)ccn4)CC3)C2)CC1. The highest BCUT2D eigenvalue weighted by Gasteiger charge is 2.34. The molecule has 7 heteroatoms. The second kappa shape index (κ2) is 9.10. The Morgan fingerprint density at radius 2 is 1.86 bits per heavy atom. The predicted octanol–water partition coefficient (Wildman–Crippen LogP) is 1.41. The Kier molecular flexibility index (Phi) is 6.31. The van der Waals surface area contributed by atoms with Gasteiger partial charge in [0.15, 0.2) is 0 Å². The summed E-state index contributed by atoms with van der Waals surface area (Å²) in [6.07, 6.45) is 6.06. The number of hydrogen-bond donors (Lipinski definition) is 0. The fourth-order valence-corrected chi connectivity index (χ4v) is 4.95. The van der Waals surface area contributed by atoms with E-state index in [1.165, 1.54) is 0 Å². The van der Waals surface area contributed by atoms with Crippen LogP contribution < -0.4 is 4.90 Å². The molecule has 1 aromatic heterocycles.